The third-order valence-corrected chi connectivity index (χ3v) is 6.36. The number of rotatable bonds is 8. The highest BCUT2D eigenvalue weighted by molar-refractivity contribution is 6.04. The molecule has 0 aliphatic rings. The third kappa shape index (κ3) is 5.79. The fourth-order valence-electron chi connectivity index (χ4n) is 4.28. The molecule has 5 rings (SSSR count). The lowest BCUT2D eigenvalue weighted by molar-refractivity contribution is -0.137. The Balaban J connectivity index is 1.42. The Labute approximate surface area is 228 Å². The summed E-state index contributed by atoms with van der Waals surface area (Å²) >= 11 is 0. The van der Waals surface area contributed by atoms with E-state index in [1.807, 2.05) is 36.2 Å². The fraction of sp³-hybridized carbons (Fsp3) is 0.172. The standard InChI is InChI=1S/C29H26F3N7O/c1-38(14-4-11-33)26-17-19(9-12-34-26)24-18-27-35-13-10-25(39(27)37-24)20-5-3-8-23(16-20)36-28(40)21-6-2-7-22(15-21)29(30,31)32/h2-3,5-10,12-13,15-18H,4,11,14,33H2,1H3,(H,36,40). The second-order valence-electron chi connectivity index (χ2n) is 9.21. The Morgan fingerprint density at radius 1 is 0.975 bits per heavy atom. The number of aromatic nitrogens is 4. The van der Waals surface area contributed by atoms with Gasteiger partial charge in [0.2, 0.25) is 0 Å². The number of halogens is 3. The van der Waals surface area contributed by atoms with Gasteiger partial charge in [0, 0.05) is 54.4 Å². The molecule has 0 aliphatic carbocycles. The molecular weight excluding hydrogens is 519 g/mol. The average molecular weight is 546 g/mol. The number of alkyl halides is 3. The minimum absolute atomic E-state index is 0.0892. The van der Waals surface area contributed by atoms with Crippen LogP contribution in [-0.4, -0.2) is 45.6 Å². The molecule has 1 amide bonds. The average Bonchev–Trinajstić information content (AvgIpc) is 3.40. The molecule has 40 heavy (non-hydrogen) atoms. The molecule has 8 nitrogen and oxygen atoms in total. The Morgan fingerprint density at radius 3 is 2.58 bits per heavy atom. The minimum Gasteiger partial charge on any atom is -0.360 e. The van der Waals surface area contributed by atoms with Gasteiger partial charge in [-0.1, -0.05) is 18.2 Å². The van der Waals surface area contributed by atoms with Crippen molar-refractivity contribution < 1.29 is 18.0 Å². The summed E-state index contributed by atoms with van der Waals surface area (Å²) in [7, 11) is 1.96. The van der Waals surface area contributed by atoms with Crippen molar-refractivity contribution in [3.8, 4) is 22.5 Å². The summed E-state index contributed by atoms with van der Waals surface area (Å²) in [4.78, 5) is 23.7. The molecular formula is C29H26F3N7O. The first-order chi connectivity index (χ1) is 19.2. The second-order valence-corrected chi connectivity index (χ2v) is 9.21. The second kappa shape index (κ2) is 11.1. The molecule has 0 aliphatic heterocycles. The van der Waals surface area contributed by atoms with Crippen LogP contribution in [0, 0.1) is 0 Å². The van der Waals surface area contributed by atoms with Gasteiger partial charge in [-0.15, -0.1) is 0 Å². The summed E-state index contributed by atoms with van der Waals surface area (Å²) in [5.41, 5.74) is 8.77. The highest BCUT2D eigenvalue weighted by Gasteiger charge is 2.30. The summed E-state index contributed by atoms with van der Waals surface area (Å²) in [6.07, 6.45) is -0.283. The summed E-state index contributed by atoms with van der Waals surface area (Å²) in [6.45, 7) is 1.38. The lowest BCUT2D eigenvalue weighted by atomic mass is 10.1. The van der Waals surface area contributed by atoms with Crippen LogP contribution in [0.25, 0.3) is 28.2 Å². The lowest BCUT2D eigenvalue weighted by Crippen LogP contribution is -2.21. The van der Waals surface area contributed by atoms with Crippen molar-refractivity contribution in [2.45, 2.75) is 12.6 Å². The van der Waals surface area contributed by atoms with Crippen LogP contribution >= 0.6 is 0 Å². The molecule has 2 aromatic carbocycles. The number of benzene rings is 2. The molecule has 0 saturated heterocycles. The van der Waals surface area contributed by atoms with Gasteiger partial charge in [-0.25, -0.2) is 14.5 Å². The first-order valence-corrected chi connectivity index (χ1v) is 12.5. The van der Waals surface area contributed by atoms with E-state index in [4.69, 9.17) is 10.8 Å². The van der Waals surface area contributed by atoms with Gasteiger partial charge in [0.15, 0.2) is 5.65 Å². The van der Waals surface area contributed by atoms with Crippen LogP contribution in [0.4, 0.5) is 24.7 Å². The highest BCUT2D eigenvalue weighted by Crippen LogP contribution is 2.30. The lowest BCUT2D eigenvalue weighted by Gasteiger charge is -2.17. The number of hydrogen-bond donors (Lipinski definition) is 2. The predicted octanol–water partition coefficient (Wildman–Crippen LogP) is 5.51. The van der Waals surface area contributed by atoms with Gasteiger partial charge in [0.05, 0.1) is 17.0 Å². The normalized spacial score (nSPS) is 11.5. The van der Waals surface area contributed by atoms with Crippen molar-refractivity contribution in [1.29, 1.82) is 0 Å². The van der Waals surface area contributed by atoms with Crippen molar-refractivity contribution in [3.63, 3.8) is 0 Å². The van der Waals surface area contributed by atoms with E-state index in [9.17, 15) is 18.0 Å². The van der Waals surface area contributed by atoms with Crippen LogP contribution in [0.15, 0.2) is 85.2 Å². The van der Waals surface area contributed by atoms with E-state index in [2.05, 4.69) is 15.3 Å². The van der Waals surface area contributed by atoms with E-state index in [0.717, 1.165) is 47.7 Å². The maximum absolute atomic E-state index is 13.1. The largest absolute Gasteiger partial charge is 0.416 e. The number of pyridine rings is 1. The summed E-state index contributed by atoms with van der Waals surface area (Å²) in [6, 6.07) is 18.8. The monoisotopic (exact) mass is 545 g/mol. The van der Waals surface area contributed by atoms with Crippen LogP contribution in [0.1, 0.15) is 22.3 Å². The minimum atomic E-state index is -4.54. The molecule has 3 N–H and O–H groups in total. The maximum Gasteiger partial charge on any atom is 0.416 e. The summed E-state index contributed by atoms with van der Waals surface area (Å²) in [5.74, 6) is 0.162. The zero-order valence-corrected chi connectivity index (χ0v) is 21.6. The molecule has 204 valence electrons. The third-order valence-electron chi connectivity index (χ3n) is 6.36. The number of fused-ring (bicyclic) bond motifs is 1. The van der Waals surface area contributed by atoms with Gasteiger partial charge in [-0.2, -0.15) is 18.3 Å². The zero-order valence-electron chi connectivity index (χ0n) is 21.6. The Morgan fingerprint density at radius 2 is 1.77 bits per heavy atom. The Kier molecular flexibility index (Phi) is 7.47. The number of carbonyl (C=O) groups excluding carboxylic acids is 1. The molecule has 0 saturated carbocycles. The Hall–Kier alpha value is -4.77. The molecule has 11 heteroatoms. The molecule has 0 bridgehead atoms. The van der Waals surface area contributed by atoms with Gasteiger partial charge in [-0.3, -0.25) is 4.79 Å². The van der Waals surface area contributed by atoms with Gasteiger partial charge in [-0.05, 0) is 61.5 Å². The topological polar surface area (TPSA) is 101 Å². The SMILES string of the molecule is CN(CCCN)c1cc(-c2cc3nccc(-c4cccc(NC(=O)c5cccc(C(F)(F)F)c5)c4)n3n2)ccn1. The van der Waals surface area contributed by atoms with E-state index in [1.165, 1.54) is 12.1 Å². The number of amides is 1. The van der Waals surface area contributed by atoms with Crippen LogP contribution in [0.3, 0.4) is 0 Å². The molecule has 5 aromatic rings. The van der Waals surface area contributed by atoms with Gasteiger partial charge in [0.1, 0.15) is 5.82 Å². The van der Waals surface area contributed by atoms with Crippen LogP contribution < -0.4 is 16.0 Å². The molecule has 0 spiro atoms. The number of anilines is 2. The predicted molar refractivity (Wildman–Crippen MR) is 148 cm³/mol. The fourth-order valence-corrected chi connectivity index (χ4v) is 4.28. The van der Waals surface area contributed by atoms with E-state index in [-0.39, 0.29) is 5.56 Å². The van der Waals surface area contributed by atoms with E-state index >= 15 is 0 Å². The van der Waals surface area contributed by atoms with E-state index < -0.39 is 17.6 Å². The Bertz CT molecular complexity index is 1670. The number of carbonyl (C=O) groups is 1. The number of nitrogens with one attached hydrogen (secondary N) is 1. The van der Waals surface area contributed by atoms with Crippen molar-refractivity contribution in [2.24, 2.45) is 5.73 Å². The van der Waals surface area contributed by atoms with Crippen molar-refractivity contribution in [1.82, 2.24) is 19.6 Å². The molecule has 0 fully saturated rings. The van der Waals surface area contributed by atoms with Gasteiger partial charge < -0.3 is 16.0 Å². The molecule has 3 heterocycles. The number of nitrogens with two attached hydrogens (primary N) is 1. The molecule has 0 atom stereocenters. The van der Waals surface area contributed by atoms with Gasteiger partial charge in [0.25, 0.3) is 5.91 Å². The van der Waals surface area contributed by atoms with Gasteiger partial charge >= 0.3 is 6.18 Å². The van der Waals surface area contributed by atoms with Crippen molar-refractivity contribution >= 4 is 23.1 Å². The smallest absolute Gasteiger partial charge is 0.360 e. The number of hydrogen-bond acceptors (Lipinski definition) is 6. The first kappa shape index (κ1) is 26.8. The first-order valence-electron chi connectivity index (χ1n) is 12.5. The summed E-state index contributed by atoms with van der Waals surface area (Å²) < 4.78 is 41.0. The van der Waals surface area contributed by atoms with Crippen LogP contribution in [0.5, 0.6) is 0 Å². The zero-order chi connectivity index (χ0) is 28.3. The summed E-state index contributed by atoms with van der Waals surface area (Å²) in [5, 5.41) is 7.47. The van der Waals surface area contributed by atoms with Crippen molar-refractivity contribution in [3.05, 3.63) is 96.3 Å². The van der Waals surface area contributed by atoms with Crippen LogP contribution in [0.2, 0.25) is 0 Å². The number of nitrogens with zero attached hydrogens (tertiary/aromatic N) is 5. The molecule has 0 unspecified atom stereocenters. The van der Waals surface area contributed by atoms with E-state index in [0.29, 0.717) is 23.6 Å². The quantitative estimate of drug-likeness (QED) is 0.267. The van der Waals surface area contributed by atoms with E-state index in [1.54, 1.807) is 41.2 Å². The van der Waals surface area contributed by atoms with Crippen LogP contribution in [-0.2, 0) is 6.18 Å². The van der Waals surface area contributed by atoms with Crippen molar-refractivity contribution in [2.75, 3.05) is 30.4 Å². The molecule has 3 aromatic heterocycles. The molecule has 0 radical (unpaired) electrons. The maximum atomic E-state index is 13.1. The highest BCUT2D eigenvalue weighted by atomic mass is 19.4.